The Hall–Kier alpha value is -0.830. The van der Waals surface area contributed by atoms with Gasteiger partial charge in [0.1, 0.15) is 5.60 Å². The van der Waals surface area contributed by atoms with Gasteiger partial charge in [-0.25, -0.2) is 0 Å². The van der Waals surface area contributed by atoms with Gasteiger partial charge in [-0.15, -0.1) is 0 Å². The van der Waals surface area contributed by atoms with Gasteiger partial charge in [-0.05, 0) is 46.0 Å². The zero-order valence-electron chi connectivity index (χ0n) is 12.8. The van der Waals surface area contributed by atoms with Gasteiger partial charge in [-0.3, -0.25) is 8.98 Å². The van der Waals surface area contributed by atoms with Crippen LogP contribution >= 0.6 is 0 Å². The second kappa shape index (κ2) is 6.74. The van der Waals surface area contributed by atoms with Crippen LogP contribution in [0.25, 0.3) is 0 Å². The number of esters is 1. The van der Waals surface area contributed by atoms with Gasteiger partial charge in [0.05, 0.1) is 12.5 Å². The van der Waals surface area contributed by atoms with Crippen molar-refractivity contribution in [1.29, 1.82) is 0 Å². The van der Waals surface area contributed by atoms with Gasteiger partial charge in [0, 0.05) is 0 Å². The molecule has 1 saturated carbocycles. The third-order valence-electron chi connectivity index (χ3n) is 3.11. The molecule has 0 radical (unpaired) electrons. The summed E-state index contributed by atoms with van der Waals surface area (Å²) < 4.78 is 68.2. The summed E-state index contributed by atoms with van der Waals surface area (Å²) in [6, 6.07) is 0. The monoisotopic (exact) mass is 346 g/mol. The molecule has 9 heteroatoms. The molecule has 0 amide bonds. The Bertz CT molecular complexity index is 493. The molecule has 0 aromatic rings. The summed E-state index contributed by atoms with van der Waals surface area (Å²) in [6.45, 7) is 4.89. The Balaban J connectivity index is 2.43. The quantitative estimate of drug-likeness (QED) is 0.565. The fourth-order valence-corrected chi connectivity index (χ4v) is 3.15. The van der Waals surface area contributed by atoms with E-state index in [9.17, 15) is 26.4 Å². The van der Waals surface area contributed by atoms with E-state index >= 15 is 0 Å². The van der Waals surface area contributed by atoms with Crippen LogP contribution in [0.4, 0.5) is 13.2 Å². The first-order valence-electron chi connectivity index (χ1n) is 6.94. The zero-order chi connectivity index (χ0) is 17.2. The average molecular weight is 346 g/mol. The van der Waals surface area contributed by atoms with Gasteiger partial charge in [-0.2, -0.15) is 21.6 Å². The first kappa shape index (κ1) is 19.2. The maximum atomic E-state index is 12.1. The highest BCUT2D eigenvalue weighted by atomic mass is 32.2. The molecule has 0 spiro atoms. The Morgan fingerprint density at radius 1 is 1.18 bits per heavy atom. The third-order valence-corrected chi connectivity index (χ3v) is 4.28. The molecule has 1 aliphatic rings. The molecule has 2 atom stereocenters. The van der Waals surface area contributed by atoms with Crippen molar-refractivity contribution >= 4 is 16.1 Å². The van der Waals surface area contributed by atoms with Crippen molar-refractivity contribution < 1.29 is 35.3 Å². The molecule has 1 fully saturated rings. The van der Waals surface area contributed by atoms with E-state index < -0.39 is 27.6 Å². The maximum absolute atomic E-state index is 12.1. The fraction of sp³-hybridized carbons (Fsp3) is 0.923. The van der Waals surface area contributed by atoms with Crippen molar-refractivity contribution in [2.24, 2.45) is 11.8 Å². The fourth-order valence-electron chi connectivity index (χ4n) is 2.27. The number of carbonyl (C=O) groups is 1. The van der Waals surface area contributed by atoms with E-state index in [0.29, 0.717) is 19.3 Å². The second-order valence-corrected chi connectivity index (χ2v) is 8.15. The van der Waals surface area contributed by atoms with Crippen molar-refractivity contribution in [2.45, 2.75) is 51.8 Å². The van der Waals surface area contributed by atoms with E-state index in [1.165, 1.54) is 0 Å². The normalized spacial score (nSPS) is 23.5. The van der Waals surface area contributed by atoms with Crippen LogP contribution in [0.2, 0.25) is 0 Å². The van der Waals surface area contributed by atoms with Crippen LogP contribution in [0.15, 0.2) is 0 Å². The Morgan fingerprint density at radius 3 is 2.27 bits per heavy atom. The van der Waals surface area contributed by atoms with E-state index in [4.69, 9.17) is 4.74 Å². The molecule has 22 heavy (non-hydrogen) atoms. The number of carbonyl (C=O) groups excluding carboxylic acids is 1. The van der Waals surface area contributed by atoms with Crippen LogP contribution in [-0.4, -0.2) is 38.5 Å². The largest absolute Gasteiger partial charge is 0.460 e. The molecule has 0 unspecified atom stereocenters. The van der Waals surface area contributed by atoms with Crippen LogP contribution in [0.3, 0.4) is 0 Å². The Morgan fingerprint density at radius 2 is 1.77 bits per heavy atom. The van der Waals surface area contributed by atoms with E-state index in [0.717, 1.165) is 0 Å². The van der Waals surface area contributed by atoms with Gasteiger partial charge in [0.25, 0.3) is 10.1 Å². The second-order valence-electron chi connectivity index (χ2n) is 6.51. The number of rotatable bonds is 5. The zero-order valence-corrected chi connectivity index (χ0v) is 13.6. The van der Waals surface area contributed by atoms with E-state index in [1.54, 1.807) is 20.8 Å². The summed E-state index contributed by atoms with van der Waals surface area (Å²) in [6.07, 6.45) is -3.43. The maximum Gasteiger partial charge on any atom is 0.405 e. The lowest BCUT2D eigenvalue weighted by Crippen LogP contribution is -2.28. The lowest BCUT2D eigenvalue weighted by atomic mass is 10.1. The molecule has 0 aliphatic heterocycles. The van der Waals surface area contributed by atoms with Crippen LogP contribution < -0.4 is 0 Å². The predicted molar refractivity (Wildman–Crippen MR) is 72.5 cm³/mol. The lowest BCUT2D eigenvalue weighted by molar-refractivity contribution is -0.159. The van der Waals surface area contributed by atoms with E-state index in [-0.39, 0.29) is 24.4 Å². The van der Waals surface area contributed by atoms with Crippen LogP contribution in [0.1, 0.15) is 40.0 Å². The van der Waals surface area contributed by atoms with E-state index in [1.807, 2.05) is 0 Å². The Kier molecular flexibility index (Phi) is 5.88. The molecule has 0 bridgehead atoms. The molecule has 0 aromatic carbocycles. The summed E-state index contributed by atoms with van der Waals surface area (Å²) in [5.41, 5.74) is -0.609. The summed E-state index contributed by atoms with van der Waals surface area (Å²) in [5.74, 6) is -2.99. The van der Waals surface area contributed by atoms with Gasteiger partial charge in [0.15, 0.2) is 5.75 Å². The van der Waals surface area contributed by atoms with Crippen LogP contribution in [0, 0.1) is 11.8 Å². The van der Waals surface area contributed by atoms with Crippen molar-refractivity contribution in [1.82, 2.24) is 0 Å². The molecule has 0 N–H and O–H groups in total. The van der Waals surface area contributed by atoms with Crippen molar-refractivity contribution in [2.75, 3.05) is 12.4 Å². The van der Waals surface area contributed by atoms with Gasteiger partial charge < -0.3 is 4.74 Å². The minimum Gasteiger partial charge on any atom is -0.460 e. The smallest absolute Gasteiger partial charge is 0.405 e. The first-order chi connectivity index (χ1) is 9.77. The predicted octanol–water partition coefficient (Wildman–Crippen LogP) is 2.65. The summed E-state index contributed by atoms with van der Waals surface area (Å²) in [7, 11) is -4.63. The molecule has 1 aliphatic carbocycles. The minimum atomic E-state index is -4.83. The van der Waals surface area contributed by atoms with Gasteiger partial charge in [0.2, 0.25) is 0 Å². The van der Waals surface area contributed by atoms with E-state index in [2.05, 4.69) is 4.18 Å². The summed E-state index contributed by atoms with van der Waals surface area (Å²) in [5, 5.41) is 0. The molecular formula is C13H21F3O5S. The number of alkyl halides is 3. The highest BCUT2D eigenvalue weighted by molar-refractivity contribution is 7.86. The van der Waals surface area contributed by atoms with Crippen molar-refractivity contribution in [3.63, 3.8) is 0 Å². The molecule has 0 saturated heterocycles. The van der Waals surface area contributed by atoms with Gasteiger partial charge in [-0.1, -0.05) is 0 Å². The number of halogens is 3. The minimum absolute atomic E-state index is 0.263. The standard InChI is InChI=1S/C13H21F3O5S/c1-12(2,3)21-11(17)10-5-4-9(6-10)7-20-22(18,19)8-13(14,15)16/h9-10H,4-8H2,1-3H3/t9-,10+/m1/s1. The molecule has 130 valence electrons. The molecule has 0 heterocycles. The van der Waals surface area contributed by atoms with Crippen LogP contribution in [-0.2, 0) is 23.8 Å². The average Bonchev–Trinajstić information content (AvgIpc) is 2.69. The molecule has 5 nitrogen and oxygen atoms in total. The number of ether oxygens (including phenoxy) is 1. The SMILES string of the molecule is CC(C)(C)OC(=O)[C@H]1CC[C@@H](COS(=O)(=O)CC(F)(F)F)C1. The summed E-state index contributed by atoms with van der Waals surface area (Å²) in [4.78, 5) is 11.9. The Labute approximate surface area is 128 Å². The molecular weight excluding hydrogens is 325 g/mol. The van der Waals surface area contributed by atoms with Crippen molar-refractivity contribution in [3.8, 4) is 0 Å². The molecule has 0 aromatic heterocycles. The first-order valence-corrected chi connectivity index (χ1v) is 8.52. The van der Waals surface area contributed by atoms with Crippen molar-refractivity contribution in [3.05, 3.63) is 0 Å². The topological polar surface area (TPSA) is 69.7 Å². The highest BCUT2D eigenvalue weighted by Crippen LogP contribution is 2.33. The third kappa shape index (κ3) is 7.44. The number of hydrogen-bond donors (Lipinski definition) is 0. The summed E-state index contributed by atoms with van der Waals surface area (Å²) >= 11 is 0. The van der Waals surface area contributed by atoms with Crippen LogP contribution in [0.5, 0.6) is 0 Å². The highest BCUT2D eigenvalue weighted by Gasteiger charge is 2.38. The van der Waals surface area contributed by atoms with Gasteiger partial charge >= 0.3 is 12.1 Å². The number of hydrogen-bond acceptors (Lipinski definition) is 5. The molecule has 1 rings (SSSR count). The lowest BCUT2D eigenvalue weighted by Gasteiger charge is -2.22.